The van der Waals surface area contributed by atoms with E-state index < -0.39 is 10.0 Å². The first-order valence-corrected chi connectivity index (χ1v) is 12.4. The highest BCUT2D eigenvalue weighted by Gasteiger charge is 2.26. The molecule has 3 aromatic carbocycles. The molecule has 6 heteroatoms. The zero-order valence-corrected chi connectivity index (χ0v) is 19.0. The number of rotatable bonds is 6. The molecular weight excluding hydrogens is 420 g/mol. The topological polar surface area (TPSA) is 66.5 Å². The van der Waals surface area contributed by atoms with Crippen LogP contribution < -0.4 is 4.72 Å². The van der Waals surface area contributed by atoms with Gasteiger partial charge in [-0.3, -0.25) is 4.79 Å². The molecule has 32 heavy (non-hydrogen) atoms. The lowest BCUT2D eigenvalue weighted by atomic mass is 9.97. The lowest BCUT2D eigenvalue weighted by molar-refractivity contribution is 0.0676. The second-order valence-electron chi connectivity index (χ2n) is 8.37. The first-order chi connectivity index (χ1) is 15.4. The minimum Gasteiger partial charge on any atom is -0.338 e. The van der Waals surface area contributed by atoms with Crippen LogP contribution in [0.5, 0.6) is 0 Å². The van der Waals surface area contributed by atoms with E-state index in [0.29, 0.717) is 25.2 Å². The zero-order valence-electron chi connectivity index (χ0n) is 18.2. The van der Waals surface area contributed by atoms with E-state index in [2.05, 4.69) is 4.72 Å². The van der Waals surface area contributed by atoms with E-state index in [1.165, 1.54) is 0 Å². The Bertz CT molecular complexity index is 1160. The number of sulfonamides is 1. The van der Waals surface area contributed by atoms with Gasteiger partial charge in [0.05, 0.1) is 4.90 Å². The van der Waals surface area contributed by atoms with Crippen molar-refractivity contribution in [2.45, 2.75) is 24.7 Å². The minimum atomic E-state index is -3.55. The smallest absolute Gasteiger partial charge is 0.253 e. The average Bonchev–Trinajstić information content (AvgIpc) is 2.83. The maximum absolute atomic E-state index is 13.0. The third-order valence-electron chi connectivity index (χ3n) is 5.94. The summed E-state index contributed by atoms with van der Waals surface area (Å²) in [7, 11) is -3.55. The molecule has 1 heterocycles. The van der Waals surface area contributed by atoms with Gasteiger partial charge in [0.15, 0.2) is 0 Å². The highest BCUT2D eigenvalue weighted by atomic mass is 32.2. The van der Waals surface area contributed by atoms with Gasteiger partial charge in [0.25, 0.3) is 5.91 Å². The summed E-state index contributed by atoms with van der Waals surface area (Å²) in [5, 5.41) is 0. The van der Waals surface area contributed by atoms with Crippen LogP contribution in [0.1, 0.15) is 28.8 Å². The summed E-state index contributed by atoms with van der Waals surface area (Å²) in [6, 6.07) is 24.6. The number of hydrogen-bond donors (Lipinski definition) is 1. The Morgan fingerprint density at radius 2 is 1.59 bits per heavy atom. The summed E-state index contributed by atoms with van der Waals surface area (Å²) in [4.78, 5) is 15.1. The number of carbonyl (C=O) groups excluding carboxylic acids is 1. The van der Waals surface area contributed by atoms with Crippen molar-refractivity contribution in [1.82, 2.24) is 9.62 Å². The highest BCUT2D eigenvalue weighted by molar-refractivity contribution is 7.89. The van der Waals surface area contributed by atoms with Gasteiger partial charge in [-0.25, -0.2) is 13.1 Å². The van der Waals surface area contributed by atoms with E-state index in [9.17, 15) is 13.2 Å². The molecule has 1 fully saturated rings. The van der Waals surface area contributed by atoms with Gasteiger partial charge >= 0.3 is 0 Å². The Labute approximate surface area is 190 Å². The maximum Gasteiger partial charge on any atom is 0.253 e. The third kappa shape index (κ3) is 5.26. The van der Waals surface area contributed by atoms with E-state index in [1.54, 1.807) is 24.3 Å². The average molecular weight is 449 g/mol. The predicted molar refractivity (Wildman–Crippen MR) is 127 cm³/mol. The third-order valence-corrected chi connectivity index (χ3v) is 7.38. The van der Waals surface area contributed by atoms with Gasteiger partial charge in [-0.2, -0.15) is 0 Å². The summed E-state index contributed by atoms with van der Waals surface area (Å²) in [5.74, 6) is 0.0900. The second kappa shape index (κ2) is 9.67. The molecule has 3 aromatic rings. The van der Waals surface area contributed by atoms with Gasteiger partial charge in [0.1, 0.15) is 0 Å². The number of hydrogen-bond acceptors (Lipinski definition) is 3. The van der Waals surface area contributed by atoms with Crippen LogP contribution in [0.25, 0.3) is 11.1 Å². The number of benzene rings is 3. The van der Waals surface area contributed by atoms with E-state index in [-0.39, 0.29) is 16.7 Å². The van der Waals surface area contributed by atoms with Crippen LogP contribution in [0.15, 0.2) is 83.8 Å². The molecule has 1 saturated heterocycles. The summed E-state index contributed by atoms with van der Waals surface area (Å²) < 4.78 is 27.9. The lowest BCUT2D eigenvalue weighted by Crippen LogP contribution is -2.43. The van der Waals surface area contributed by atoms with Crippen LogP contribution >= 0.6 is 0 Å². The molecule has 1 unspecified atom stereocenters. The number of nitrogens with one attached hydrogen (secondary N) is 1. The molecule has 166 valence electrons. The summed E-state index contributed by atoms with van der Waals surface area (Å²) >= 11 is 0. The Morgan fingerprint density at radius 1 is 0.938 bits per heavy atom. The summed E-state index contributed by atoms with van der Waals surface area (Å²) in [6.45, 7) is 3.50. The van der Waals surface area contributed by atoms with Gasteiger partial charge in [0.2, 0.25) is 10.0 Å². The van der Waals surface area contributed by atoms with Crippen LogP contribution in [-0.4, -0.2) is 38.9 Å². The normalized spacial score (nSPS) is 16.7. The second-order valence-corrected chi connectivity index (χ2v) is 10.1. The van der Waals surface area contributed by atoms with Crippen molar-refractivity contribution < 1.29 is 13.2 Å². The molecule has 0 saturated carbocycles. The van der Waals surface area contributed by atoms with Gasteiger partial charge in [-0.15, -0.1) is 0 Å². The number of piperidine rings is 1. The van der Waals surface area contributed by atoms with Crippen molar-refractivity contribution >= 4 is 15.9 Å². The Kier molecular flexibility index (Phi) is 6.72. The molecule has 1 amide bonds. The molecular formula is C26H28N2O3S. The highest BCUT2D eigenvalue weighted by Crippen LogP contribution is 2.22. The number of likely N-dealkylation sites (tertiary alicyclic amines) is 1. The first-order valence-electron chi connectivity index (χ1n) is 10.9. The van der Waals surface area contributed by atoms with Crippen molar-refractivity contribution in [3.8, 4) is 11.1 Å². The SMILES string of the molecule is Cc1ccc(S(=O)(=O)NCC2CCCN(C(=O)c3ccc(-c4ccccc4)cc3)C2)cc1. The Morgan fingerprint density at radius 3 is 2.28 bits per heavy atom. The maximum atomic E-state index is 13.0. The minimum absolute atomic E-state index is 0.00398. The Hall–Kier alpha value is -2.96. The van der Waals surface area contributed by atoms with Gasteiger partial charge in [-0.1, -0.05) is 60.2 Å². The van der Waals surface area contributed by atoms with Crippen LogP contribution in [0.4, 0.5) is 0 Å². The van der Waals surface area contributed by atoms with Crippen molar-refractivity contribution in [2.24, 2.45) is 5.92 Å². The van der Waals surface area contributed by atoms with Crippen molar-refractivity contribution in [3.05, 3.63) is 90.0 Å². The van der Waals surface area contributed by atoms with Crippen LogP contribution in [0.3, 0.4) is 0 Å². The number of nitrogens with zero attached hydrogens (tertiary/aromatic N) is 1. The quantitative estimate of drug-likeness (QED) is 0.604. The molecule has 4 rings (SSSR count). The zero-order chi connectivity index (χ0) is 22.6. The molecule has 1 N–H and O–H groups in total. The summed E-state index contributed by atoms with van der Waals surface area (Å²) in [6.07, 6.45) is 1.76. The largest absolute Gasteiger partial charge is 0.338 e. The molecule has 0 radical (unpaired) electrons. The molecule has 1 aliphatic rings. The molecule has 5 nitrogen and oxygen atoms in total. The van der Waals surface area contributed by atoms with E-state index in [4.69, 9.17) is 0 Å². The Balaban J connectivity index is 1.37. The fraction of sp³-hybridized carbons (Fsp3) is 0.269. The molecule has 0 aromatic heterocycles. The van der Waals surface area contributed by atoms with Gasteiger partial charge in [-0.05, 0) is 61.1 Å². The van der Waals surface area contributed by atoms with E-state index in [0.717, 1.165) is 29.5 Å². The molecule has 0 spiro atoms. The number of amides is 1. The van der Waals surface area contributed by atoms with Crippen molar-refractivity contribution in [2.75, 3.05) is 19.6 Å². The fourth-order valence-corrected chi connectivity index (χ4v) is 5.18. The molecule has 0 aliphatic carbocycles. The van der Waals surface area contributed by atoms with E-state index in [1.807, 2.05) is 66.4 Å². The van der Waals surface area contributed by atoms with Crippen LogP contribution in [-0.2, 0) is 10.0 Å². The van der Waals surface area contributed by atoms with Crippen molar-refractivity contribution in [1.29, 1.82) is 0 Å². The summed E-state index contributed by atoms with van der Waals surface area (Å²) in [5.41, 5.74) is 3.86. The molecule has 1 aliphatic heterocycles. The fourth-order valence-electron chi connectivity index (χ4n) is 4.06. The van der Waals surface area contributed by atoms with Gasteiger partial charge < -0.3 is 4.90 Å². The van der Waals surface area contributed by atoms with E-state index >= 15 is 0 Å². The number of carbonyl (C=O) groups is 1. The van der Waals surface area contributed by atoms with Crippen LogP contribution in [0, 0.1) is 12.8 Å². The van der Waals surface area contributed by atoms with Gasteiger partial charge in [0, 0.05) is 25.2 Å². The van der Waals surface area contributed by atoms with Crippen LogP contribution in [0.2, 0.25) is 0 Å². The molecule has 1 atom stereocenters. The van der Waals surface area contributed by atoms with Crippen molar-refractivity contribution in [3.63, 3.8) is 0 Å². The number of aryl methyl sites for hydroxylation is 1. The lowest BCUT2D eigenvalue weighted by Gasteiger charge is -2.33. The standard InChI is InChI=1S/C26H28N2O3S/c1-20-9-15-25(16-10-20)32(30,31)27-18-21-6-5-17-28(19-21)26(29)24-13-11-23(12-14-24)22-7-3-2-4-8-22/h2-4,7-16,21,27H,5-6,17-19H2,1H3. The first kappa shape index (κ1) is 22.2. The molecule has 0 bridgehead atoms. The monoisotopic (exact) mass is 448 g/mol. The predicted octanol–water partition coefficient (Wildman–Crippen LogP) is 4.49.